The summed E-state index contributed by atoms with van der Waals surface area (Å²) >= 11 is 2.29. The highest BCUT2D eigenvalue weighted by molar-refractivity contribution is 14.1. The Labute approximate surface area is 215 Å². The number of anilines is 1. The predicted molar refractivity (Wildman–Crippen MR) is 148 cm³/mol. The first-order valence-electron chi connectivity index (χ1n) is 11.8. The maximum Gasteiger partial charge on any atom is 0.174 e. The molecule has 174 valence electrons. The number of hydrogen-bond acceptors (Lipinski definition) is 4. The second-order valence-electron chi connectivity index (χ2n) is 8.80. The molecule has 0 unspecified atom stereocenters. The number of benzene rings is 3. The highest BCUT2D eigenvalue weighted by atomic mass is 127. The Morgan fingerprint density at radius 1 is 1.12 bits per heavy atom. The van der Waals surface area contributed by atoms with E-state index in [-0.39, 0.29) is 0 Å². The SMILES string of the molecule is CCCOc1c(I)cc(C=Nc2ccc([C@@H]3Nc4ccccc4[C@H]4C=CC[C@@H]43)cc2)cc1OC. The van der Waals surface area contributed by atoms with Gasteiger partial charge >= 0.3 is 0 Å². The lowest BCUT2D eigenvalue weighted by molar-refractivity contribution is 0.292. The summed E-state index contributed by atoms with van der Waals surface area (Å²) in [4.78, 5) is 4.72. The summed E-state index contributed by atoms with van der Waals surface area (Å²) in [7, 11) is 1.67. The molecule has 34 heavy (non-hydrogen) atoms. The van der Waals surface area contributed by atoms with Crippen LogP contribution in [0.2, 0.25) is 0 Å². The van der Waals surface area contributed by atoms with Crippen LogP contribution in [0.1, 0.15) is 48.4 Å². The number of nitrogens with one attached hydrogen (secondary N) is 1. The molecule has 0 fully saturated rings. The molecule has 5 heteroatoms. The maximum atomic E-state index is 5.86. The number of nitrogens with zero attached hydrogens (tertiary/aromatic N) is 1. The van der Waals surface area contributed by atoms with Gasteiger partial charge in [-0.2, -0.15) is 0 Å². The van der Waals surface area contributed by atoms with Gasteiger partial charge in [-0.15, -0.1) is 0 Å². The van der Waals surface area contributed by atoms with E-state index in [9.17, 15) is 0 Å². The molecule has 1 aliphatic carbocycles. The molecule has 5 rings (SSSR count). The monoisotopic (exact) mass is 564 g/mol. The van der Waals surface area contributed by atoms with Crippen LogP contribution >= 0.6 is 22.6 Å². The average molecular weight is 564 g/mol. The fourth-order valence-electron chi connectivity index (χ4n) is 4.95. The van der Waals surface area contributed by atoms with E-state index in [1.165, 1.54) is 16.8 Å². The zero-order valence-corrected chi connectivity index (χ0v) is 21.7. The van der Waals surface area contributed by atoms with Gasteiger partial charge in [-0.25, -0.2) is 0 Å². The summed E-state index contributed by atoms with van der Waals surface area (Å²) in [5, 5.41) is 3.80. The first-order chi connectivity index (χ1) is 16.7. The van der Waals surface area contributed by atoms with Gasteiger partial charge in [0.25, 0.3) is 0 Å². The lowest BCUT2D eigenvalue weighted by Crippen LogP contribution is -2.28. The smallest absolute Gasteiger partial charge is 0.174 e. The van der Waals surface area contributed by atoms with Crippen molar-refractivity contribution in [1.82, 2.24) is 0 Å². The number of aliphatic imine (C=N–C) groups is 1. The first-order valence-corrected chi connectivity index (χ1v) is 12.9. The molecule has 4 nitrogen and oxygen atoms in total. The quantitative estimate of drug-likeness (QED) is 0.182. The molecule has 0 radical (unpaired) electrons. The molecule has 3 aromatic rings. The van der Waals surface area contributed by atoms with Gasteiger partial charge in [0, 0.05) is 17.8 Å². The Balaban J connectivity index is 1.34. The lowest BCUT2D eigenvalue weighted by atomic mass is 9.77. The zero-order valence-electron chi connectivity index (χ0n) is 19.5. The second-order valence-corrected chi connectivity index (χ2v) is 9.96. The van der Waals surface area contributed by atoms with Crippen LogP contribution in [0.3, 0.4) is 0 Å². The fourth-order valence-corrected chi connectivity index (χ4v) is 5.73. The third-order valence-corrected chi connectivity index (χ3v) is 7.39. The van der Waals surface area contributed by atoms with Gasteiger partial charge in [0.15, 0.2) is 11.5 Å². The van der Waals surface area contributed by atoms with Gasteiger partial charge < -0.3 is 14.8 Å². The number of fused-ring (bicyclic) bond motifs is 3. The molecule has 2 aliphatic rings. The van der Waals surface area contributed by atoms with Gasteiger partial charge in [0.1, 0.15) is 0 Å². The van der Waals surface area contributed by atoms with E-state index < -0.39 is 0 Å². The minimum Gasteiger partial charge on any atom is -0.493 e. The molecule has 0 spiro atoms. The Kier molecular flexibility index (Phi) is 6.90. The number of ether oxygens (including phenoxy) is 2. The normalized spacial score (nSPS) is 20.6. The fraction of sp³-hybridized carbons (Fsp3) is 0.276. The van der Waals surface area contributed by atoms with Crippen LogP contribution < -0.4 is 14.8 Å². The number of rotatable bonds is 7. The Bertz CT molecular complexity index is 1220. The van der Waals surface area contributed by atoms with Gasteiger partial charge in [0.05, 0.1) is 29.0 Å². The van der Waals surface area contributed by atoms with Crippen LogP contribution in [0.25, 0.3) is 0 Å². The molecule has 1 heterocycles. The van der Waals surface area contributed by atoms with E-state index in [0.717, 1.165) is 39.2 Å². The average Bonchev–Trinajstić information content (AvgIpc) is 3.37. The van der Waals surface area contributed by atoms with Crippen LogP contribution in [0.5, 0.6) is 11.5 Å². The van der Waals surface area contributed by atoms with Crippen molar-refractivity contribution in [3.05, 3.63) is 93.1 Å². The van der Waals surface area contributed by atoms with Crippen molar-refractivity contribution in [2.75, 3.05) is 19.0 Å². The van der Waals surface area contributed by atoms with Crippen LogP contribution in [0.15, 0.2) is 77.8 Å². The van der Waals surface area contributed by atoms with E-state index in [2.05, 4.69) is 102 Å². The number of allylic oxidation sites excluding steroid dienone is 2. The van der Waals surface area contributed by atoms with Crippen molar-refractivity contribution in [2.24, 2.45) is 10.9 Å². The number of hydrogen-bond donors (Lipinski definition) is 1. The summed E-state index contributed by atoms with van der Waals surface area (Å²) in [6, 6.07) is 21.7. The zero-order chi connectivity index (χ0) is 23.5. The second kappa shape index (κ2) is 10.2. The van der Waals surface area contributed by atoms with Crippen molar-refractivity contribution in [3.63, 3.8) is 0 Å². The van der Waals surface area contributed by atoms with Gasteiger partial charge in [-0.3, -0.25) is 4.99 Å². The Morgan fingerprint density at radius 2 is 1.94 bits per heavy atom. The van der Waals surface area contributed by atoms with Crippen LogP contribution in [-0.4, -0.2) is 19.9 Å². The van der Waals surface area contributed by atoms with E-state index in [1.807, 2.05) is 12.3 Å². The largest absolute Gasteiger partial charge is 0.493 e. The minimum atomic E-state index is 0.300. The van der Waals surface area contributed by atoms with Crippen molar-refractivity contribution >= 4 is 40.2 Å². The minimum absolute atomic E-state index is 0.300. The third-order valence-electron chi connectivity index (χ3n) is 6.59. The number of para-hydroxylation sites is 1. The Hall–Kier alpha value is -2.80. The third kappa shape index (κ3) is 4.58. The molecule has 0 bridgehead atoms. The van der Waals surface area contributed by atoms with E-state index in [4.69, 9.17) is 14.5 Å². The van der Waals surface area contributed by atoms with Gasteiger partial charge in [-0.1, -0.05) is 49.4 Å². The summed E-state index contributed by atoms with van der Waals surface area (Å²) < 4.78 is 12.4. The maximum absolute atomic E-state index is 5.86. The van der Waals surface area contributed by atoms with Crippen molar-refractivity contribution in [2.45, 2.75) is 31.7 Å². The highest BCUT2D eigenvalue weighted by Gasteiger charge is 2.37. The Morgan fingerprint density at radius 3 is 2.74 bits per heavy atom. The summed E-state index contributed by atoms with van der Waals surface area (Å²) in [5.41, 5.74) is 5.88. The summed E-state index contributed by atoms with van der Waals surface area (Å²) in [5.74, 6) is 2.57. The van der Waals surface area contributed by atoms with E-state index in [1.54, 1.807) is 7.11 Å². The van der Waals surface area contributed by atoms with Crippen molar-refractivity contribution in [3.8, 4) is 11.5 Å². The van der Waals surface area contributed by atoms with Crippen molar-refractivity contribution < 1.29 is 9.47 Å². The molecule has 0 aromatic heterocycles. The first kappa shape index (κ1) is 23.0. The molecule has 0 saturated heterocycles. The molecule has 1 N–H and O–H groups in total. The number of methoxy groups -OCH3 is 1. The molecular weight excluding hydrogens is 535 g/mol. The molecule has 1 aliphatic heterocycles. The molecule has 3 aromatic carbocycles. The van der Waals surface area contributed by atoms with E-state index >= 15 is 0 Å². The molecule has 3 atom stereocenters. The van der Waals surface area contributed by atoms with Gasteiger partial charge in [0.2, 0.25) is 0 Å². The van der Waals surface area contributed by atoms with Gasteiger partial charge in [-0.05, 0) is 88.4 Å². The standard InChI is InChI=1S/C29H29IN2O2/c1-3-15-34-29-25(30)16-19(17-27(29)33-2)18-31-21-13-11-20(12-14-21)28-24-9-6-8-22(24)23-7-4-5-10-26(23)32-28/h4-8,10-14,16-18,22,24,28,32H,3,9,15H2,1-2H3/t22-,24+,28+/m1/s1. The summed E-state index contributed by atoms with van der Waals surface area (Å²) in [6.45, 7) is 2.77. The predicted octanol–water partition coefficient (Wildman–Crippen LogP) is 7.67. The number of halogens is 1. The topological polar surface area (TPSA) is 42.8 Å². The highest BCUT2D eigenvalue weighted by Crippen LogP contribution is 2.49. The van der Waals surface area contributed by atoms with E-state index in [0.29, 0.717) is 24.5 Å². The van der Waals surface area contributed by atoms with Crippen LogP contribution in [-0.2, 0) is 0 Å². The summed E-state index contributed by atoms with van der Waals surface area (Å²) in [6.07, 6.45) is 8.66. The van der Waals surface area contributed by atoms with Crippen molar-refractivity contribution in [1.29, 1.82) is 0 Å². The van der Waals surface area contributed by atoms with Crippen LogP contribution in [0.4, 0.5) is 11.4 Å². The molecule has 0 saturated carbocycles. The molecule has 0 amide bonds. The molecular formula is C29H29IN2O2. The lowest BCUT2D eigenvalue weighted by Gasteiger charge is -2.37. The van der Waals surface area contributed by atoms with Crippen LogP contribution in [0, 0.1) is 9.49 Å².